The lowest BCUT2D eigenvalue weighted by molar-refractivity contribution is 0.354. The van der Waals surface area contributed by atoms with Gasteiger partial charge in [0.15, 0.2) is 11.5 Å². The number of anilines is 1. The molecule has 21 heavy (non-hydrogen) atoms. The third kappa shape index (κ3) is 3.61. The monoisotopic (exact) mass is 305 g/mol. The van der Waals surface area contributed by atoms with Crippen molar-refractivity contribution >= 4 is 17.3 Å². The number of methoxy groups -OCH3 is 2. The molecule has 1 unspecified atom stereocenters. The molecule has 1 N–H and O–H groups in total. The lowest BCUT2D eigenvalue weighted by atomic mass is 10.1. The molecule has 0 heterocycles. The largest absolute Gasteiger partial charge is 0.493 e. The first-order valence-electron chi connectivity index (χ1n) is 6.79. The van der Waals surface area contributed by atoms with Gasteiger partial charge in [-0.25, -0.2) is 0 Å². The first-order chi connectivity index (χ1) is 10.0. The highest BCUT2D eigenvalue weighted by Gasteiger charge is 2.11. The molecule has 0 radical (unpaired) electrons. The third-order valence-electron chi connectivity index (χ3n) is 3.40. The van der Waals surface area contributed by atoms with Gasteiger partial charge in [-0.1, -0.05) is 23.7 Å². The first kappa shape index (κ1) is 15.5. The molecule has 0 aliphatic rings. The van der Waals surface area contributed by atoms with Crippen LogP contribution in [0.25, 0.3) is 0 Å². The summed E-state index contributed by atoms with van der Waals surface area (Å²) in [6.07, 6.45) is 0. The minimum atomic E-state index is 0.101. The Hall–Kier alpha value is -1.87. The second-order valence-corrected chi connectivity index (χ2v) is 5.37. The van der Waals surface area contributed by atoms with Crippen LogP contribution in [0, 0.1) is 6.92 Å². The van der Waals surface area contributed by atoms with Crippen molar-refractivity contribution in [2.24, 2.45) is 0 Å². The number of hydrogen-bond acceptors (Lipinski definition) is 3. The van der Waals surface area contributed by atoms with Crippen LogP contribution in [-0.4, -0.2) is 14.2 Å². The van der Waals surface area contributed by atoms with Crippen LogP contribution in [0.4, 0.5) is 5.69 Å². The maximum Gasteiger partial charge on any atom is 0.161 e. The Balaban J connectivity index is 2.24. The quantitative estimate of drug-likeness (QED) is 0.857. The Labute approximate surface area is 130 Å². The summed E-state index contributed by atoms with van der Waals surface area (Å²) in [6, 6.07) is 11.9. The maximum atomic E-state index is 6.23. The van der Waals surface area contributed by atoms with Gasteiger partial charge in [0.05, 0.1) is 24.9 Å². The van der Waals surface area contributed by atoms with Crippen molar-refractivity contribution in [3.05, 3.63) is 52.5 Å². The Morgan fingerprint density at radius 3 is 2.38 bits per heavy atom. The van der Waals surface area contributed by atoms with Crippen LogP contribution >= 0.6 is 11.6 Å². The van der Waals surface area contributed by atoms with Crippen LogP contribution in [0.2, 0.25) is 5.02 Å². The van der Waals surface area contributed by atoms with E-state index in [0.717, 1.165) is 22.7 Å². The molecule has 0 aromatic heterocycles. The van der Waals surface area contributed by atoms with Crippen LogP contribution in [0.3, 0.4) is 0 Å². The summed E-state index contributed by atoms with van der Waals surface area (Å²) >= 11 is 6.23. The summed E-state index contributed by atoms with van der Waals surface area (Å²) in [5.41, 5.74) is 3.20. The number of halogens is 1. The van der Waals surface area contributed by atoms with E-state index < -0.39 is 0 Å². The molecule has 2 rings (SSSR count). The Morgan fingerprint density at radius 1 is 1.00 bits per heavy atom. The van der Waals surface area contributed by atoms with Crippen molar-refractivity contribution in [1.29, 1.82) is 0 Å². The van der Waals surface area contributed by atoms with Crippen LogP contribution in [0.5, 0.6) is 11.5 Å². The molecule has 0 saturated heterocycles. The van der Waals surface area contributed by atoms with Crippen molar-refractivity contribution in [1.82, 2.24) is 0 Å². The topological polar surface area (TPSA) is 30.5 Å². The van der Waals surface area contributed by atoms with Gasteiger partial charge in [-0.2, -0.15) is 0 Å². The molecule has 2 aromatic rings. The molecule has 0 fully saturated rings. The van der Waals surface area contributed by atoms with E-state index in [1.165, 1.54) is 5.56 Å². The fraction of sp³-hybridized carbons (Fsp3) is 0.294. The van der Waals surface area contributed by atoms with Crippen LogP contribution in [0.1, 0.15) is 24.1 Å². The predicted octanol–water partition coefficient (Wildman–Crippen LogP) is 4.84. The zero-order valence-electron chi connectivity index (χ0n) is 12.7. The molecule has 0 spiro atoms. The van der Waals surface area contributed by atoms with Gasteiger partial charge in [-0.3, -0.25) is 0 Å². The Morgan fingerprint density at radius 2 is 1.71 bits per heavy atom. The highest BCUT2D eigenvalue weighted by atomic mass is 35.5. The molecule has 112 valence electrons. The number of hydrogen-bond donors (Lipinski definition) is 1. The molecule has 2 aromatic carbocycles. The van der Waals surface area contributed by atoms with Gasteiger partial charge in [0, 0.05) is 6.04 Å². The zero-order chi connectivity index (χ0) is 15.4. The van der Waals surface area contributed by atoms with E-state index in [0.29, 0.717) is 5.02 Å². The Kier molecular flexibility index (Phi) is 4.97. The van der Waals surface area contributed by atoms with E-state index in [2.05, 4.69) is 12.2 Å². The number of benzene rings is 2. The van der Waals surface area contributed by atoms with Crippen molar-refractivity contribution < 1.29 is 9.47 Å². The summed E-state index contributed by atoms with van der Waals surface area (Å²) in [7, 11) is 3.27. The average molecular weight is 306 g/mol. The SMILES string of the molecule is COc1ccc(C(C)Nc2cc(C)ccc2Cl)cc1OC. The summed E-state index contributed by atoms with van der Waals surface area (Å²) in [6.45, 7) is 4.13. The number of aryl methyl sites for hydroxylation is 1. The fourth-order valence-corrected chi connectivity index (χ4v) is 2.36. The molecular formula is C17H20ClNO2. The molecule has 0 amide bonds. The molecule has 0 bridgehead atoms. The predicted molar refractivity (Wildman–Crippen MR) is 87.8 cm³/mol. The number of ether oxygens (including phenoxy) is 2. The normalized spacial score (nSPS) is 11.9. The van der Waals surface area contributed by atoms with Crippen molar-refractivity contribution in [3.8, 4) is 11.5 Å². The van der Waals surface area contributed by atoms with Crippen molar-refractivity contribution in [2.75, 3.05) is 19.5 Å². The third-order valence-corrected chi connectivity index (χ3v) is 3.73. The summed E-state index contributed by atoms with van der Waals surface area (Å²) < 4.78 is 10.6. The maximum absolute atomic E-state index is 6.23. The van der Waals surface area contributed by atoms with Crippen LogP contribution < -0.4 is 14.8 Å². The van der Waals surface area contributed by atoms with Gasteiger partial charge in [-0.15, -0.1) is 0 Å². The van der Waals surface area contributed by atoms with Gasteiger partial charge >= 0.3 is 0 Å². The van der Waals surface area contributed by atoms with Crippen molar-refractivity contribution in [2.45, 2.75) is 19.9 Å². The molecule has 3 nitrogen and oxygen atoms in total. The van der Waals surface area contributed by atoms with Gasteiger partial charge in [-0.05, 0) is 49.2 Å². The minimum absolute atomic E-state index is 0.101. The highest BCUT2D eigenvalue weighted by molar-refractivity contribution is 6.33. The second kappa shape index (κ2) is 6.72. The van der Waals surface area contributed by atoms with Crippen molar-refractivity contribution in [3.63, 3.8) is 0 Å². The molecule has 0 saturated carbocycles. The van der Waals surface area contributed by atoms with E-state index in [4.69, 9.17) is 21.1 Å². The lowest BCUT2D eigenvalue weighted by Crippen LogP contribution is -2.07. The summed E-state index contributed by atoms with van der Waals surface area (Å²) in [4.78, 5) is 0. The van der Waals surface area contributed by atoms with E-state index in [-0.39, 0.29) is 6.04 Å². The zero-order valence-corrected chi connectivity index (χ0v) is 13.5. The number of rotatable bonds is 5. The summed E-state index contributed by atoms with van der Waals surface area (Å²) in [5, 5.41) is 4.14. The molecule has 1 atom stereocenters. The fourth-order valence-electron chi connectivity index (χ4n) is 2.19. The van der Waals surface area contributed by atoms with E-state index in [9.17, 15) is 0 Å². The summed E-state index contributed by atoms with van der Waals surface area (Å²) in [5.74, 6) is 1.45. The minimum Gasteiger partial charge on any atom is -0.493 e. The Bertz CT molecular complexity index is 628. The standard InChI is InChI=1S/C17H20ClNO2/c1-11-5-7-14(18)15(9-11)19-12(2)13-6-8-16(20-3)17(10-13)21-4/h5-10,12,19H,1-4H3. The number of nitrogens with one attached hydrogen (secondary N) is 1. The molecule has 0 aliphatic heterocycles. The lowest BCUT2D eigenvalue weighted by Gasteiger charge is -2.18. The molecule has 0 aliphatic carbocycles. The smallest absolute Gasteiger partial charge is 0.161 e. The van der Waals surface area contributed by atoms with Gasteiger partial charge < -0.3 is 14.8 Å². The first-order valence-corrected chi connectivity index (χ1v) is 7.17. The second-order valence-electron chi connectivity index (χ2n) is 4.96. The van der Waals surface area contributed by atoms with Gasteiger partial charge in [0.2, 0.25) is 0 Å². The average Bonchev–Trinajstić information content (AvgIpc) is 2.50. The van der Waals surface area contributed by atoms with Crippen LogP contribution in [0.15, 0.2) is 36.4 Å². The van der Waals surface area contributed by atoms with Crippen LogP contribution in [-0.2, 0) is 0 Å². The van der Waals surface area contributed by atoms with E-state index >= 15 is 0 Å². The van der Waals surface area contributed by atoms with Gasteiger partial charge in [0.25, 0.3) is 0 Å². The molecule has 4 heteroatoms. The van der Waals surface area contributed by atoms with E-state index in [1.54, 1.807) is 14.2 Å². The highest BCUT2D eigenvalue weighted by Crippen LogP contribution is 2.32. The van der Waals surface area contributed by atoms with Gasteiger partial charge in [0.1, 0.15) is 0 Å². The molecular weight excluding hydrogens is 286 g/mol. The van der Waals surface area contributed by atoms with E-state index in [1.807, 2.05) is 43.3 Å².